The summed E-state index contributed by atoms with van der Waals surface area (Å²) in [6.45, 7) is 4.20. The van der Waals surface area contributed by atoms with Gasteiger partial charge in [0.15, 0.2) is 9.84 Å². The number of hydrogen-bond donors (Lipinski definition) is 0. The summed E-state index contributed by atoms with van der Waals surface area (Å²) in [4.78, 5) is 17.2. The molecular formula is C22H28N2O4S. The van der Waals surface area contributed by atoms with E-state index < -0.39 is 9.84 Å². The molecule has 0 saturated carbocycles. The van der Waals surface area contributed by atoms with Crippen LogP contribution in [-0.4, -0.2) is 76.3 Å². The Morgan fingerprint density at radius 1 is 0.966 bits per heavy atom. The molecule has 7 heteroatoms. The summed E-state index contributed by atoms with van der Waals surface area (Å²) in [7, 11) is -1.91. The lowest BCUT2D eigenvalue weighted by atomic mass is 10.1. The highest BCUT2D eigenvalue weighted by atomic mass is 32.2. The van der Waals surface area contributed by atoms with Crippen LogP contribution >= 0.6 is 0 Å². The third-order valence-electron chi connectivity index (χ3n) is 5.24. The maximum absolute atomic E-state index is 12.8. The molecule has 1 fully saturated rings. The van der Waals surface area contributed by atoms with Gasteiger partial charge < -0.3 is 9.64 Å². The lowest BCUT2D eigenvalue weighted by Gasteiger charge is -2.34. The molecule has 2 aromatic rings. The topological polar surface area (TPSA) is 66.9 Å². The van der Waals surface area contributed by atoms with Crippen molar-refractivity contribution in [3.05, 3.63) is 65.7 Å². The first-order valence-electron chi connectivity index (χ1n) is 9.87. The molecule has 0 unspecified atom stereocenters. The Hall–Kier alpha value is -2.22. The van der Waals surface area contributed by atoms with E-state index >= 15 is 0 Å². The Bertz CT molecular complexity index is 890. The van der Waals surface area contributed by atoms with Crippen LogP contribution in [0, 0.1) is 0 Å². The fourth-order valence-corrected chi connectivity index (χ4v) is 4.58. The van der Waals surface area contributed by atoms with Crippen LogP contribution in [0.2, 0.25) is 0 Å². The average molecular weight is 417 g/mol. The van der Waals surface area contributed by atoms with E-state index in [0.29, 0.717) is 18.7 Å². The van der Waals surface area contributed by atoms with Crippen molar-refractivity contribution in [2.75, 3.05) is 52.2 Å². The molecule has 0 spiro atoms. The number of carbonyl (C=O) groups excluding carboxylic acids is 1. The van der Waals surface area contributed by atoms with Gasteiger partial charge >= 0.3 is 0 Å². The van der Waals surface area contributed by atoms with E-state index in [4.69, 9.17) is 4.74 Å². The van der Waals surface area contributed by atoms with E-state index in [1.54, 1.807) is 12.1 Å². The van der Waals surface area contributed by atoms with Gasteiger partial charge in [-0.25, -0.2) is 8.42 Å². The summed E-state index contributed by atoms with van der Waals surface area (Å²) in [5.41, 5.74) is 1.85. The molecule has 0 N–H and O–H groups in total. The van der Waals surface area contributed by atoms with Gasteiger partial charge in [0, 0.05) is 45.4 Å². The summed E-state index contributed by atoms with van der Waals surface area (Å²) < 4.78 is 29.2. The third-order valence-corrected chi connectivity index (χ3v) is 6.93. The summed E-state index contributed by atoms with van der Waals surface area (Å²) >= 11 is 0. The van der Waals surface area contributed by atoms with Crippen LogP contribution < -0.4 is 0 Å². The van der Waals surface area contributed by atoms with E-state index in [2.05, 4.69) is 29.2 Å². The van der Waals surface area contributed by atoms with Crippen molar-refractivity contribution in [3.8, 4) is 0 Å². The molecule has 2 aromatic carbocycles. The van der Waals surface area contributed by atoms with Crippen molar-refractivity contribution in [2.24, 2.45) is 0 Å². The molecule has 3 rings (SSSR count). The number of carbonyl (C=O) groups is 1. The van der Waals surface area contributed by atoms with Crippen molar-refractivity contribution in [3.63, 3.8) is 0 Å². The first kappa shape index (κ1) is 21.5. The summed E-state index contributed by atoms with van der Waals surface area (Å²) in [5, 5.41) is 0. The highest BCUT2D eigenvalue weighted by molar-refractivity contribution is 7.91. The normalized spacial score (nSPS) is 15.4. The zero-order valence-electron chi connectivity index (χ0n) is 16.8. The van der Waals surface area contributed by atoms with Crippen molar-refractivity contribution in [2.45, 2.75) is 11.3 Å². The number of nitrogens with zero attached hydrogens (tertiary/aromatic N) is 2. The predicted molar refractivity (Wildman–Crippen MR) is 113 cm³/mol. The SMILES string of the molecule is COCCS(=O)(=O)c1ccc(C(=O)N2CCN(CCc3ccccc3)CC2)cc1. The molecule has 0 aliphatic carbocycles. The number of sulfone groups is 1. The summed E-state index contributed by atoms with van der Waals surface area (Å²) in [5.74, 6) is -0.115. The van der Waals surface area contributed by atoms with Crippen molar-refractivity contribution < 1.29 is 17.9 Å². The second-order valence-electron chi connectivity index (χ2n) is 7.21. The second-order valence-corrected chi connectivity index (χ2v) is 9.31. The molecule has 0 atom stereocenters. The second kappa shape index (κ2) is 10.0. The highest BCUT2D eigenvalue weighted by Crippen LogP contribution is 2.15. The highest BCUT2D eigenvalue weighted by Gasteiger charge is 2.22. The van der Waals surface area contributed by atoms with Crippen LogP contribution in [0.15, 0.2) is 59.5 Å². The lowest BCUT2D eigenvalue weighted by molar-refractivity contribution is 0.0638. The maximum atomic E-state index is 12.8. The van der Waals surface area contributed by atoms with Crippen LogP contribution in [-0.2, 0) is 21.0 Å². The Morgan fingerprint density at radius 2 is 1.62 bits per heavy atom. The smallest absolute Gasteiger partial charge is 0.253 e. The molecule has 1 aliphatic rings. The molecule has 0 radical (unpaired) electrons. The molecule has 1 heterocycles. The molecule has 156 valence electrons. The molecule has 29 heavy (non-hydrogen) atoms. The number of hydrogen-bond acceptors (Lipinski definition) is 5. The average Bonchev–Trinajstić information content (AvgIpc) is 2.77. The minimum atomic E-state index is -3.38. The summed E-state index contributed by atoms with van der Waals surface area (Å²) in [6, 6.07) is 16.6. The number of piperazine rings is 1. The Labute approximate surface area is 173 Å². The molecule has 1 aliphatic heterocycles. The van der Waals surface area contributed by atoms with Crippen LogP contribution in [0.5, 0.6) is 0 Å². The van der Waals surface area contributed by atoms with Gasteiger partial charge in [-0.15, -0.1) is 0 Å². The van der Waals surface area contributed by atoms with Gasteiger partial charge in [0.25, 0.3) is 5.91 Å². The van der Waals surface area contributed by atoms with Crippen molar-refractivity contribution >= 4 is 15.7 Å². The van der Waals surface area contributed by atoms with E-state index in [-0.39, 0.29) is 23.2 Å². The number of rotatable bonds is 8. The molecule has 0 bridgehead atoms. The number of benzene rings is 2. The largest absolute Gasteiger partial charge is 0.384 e. The van der Waals surface area contributed by atoms with Gasteiger partial charge in [-0.3, -0.25) is 9.69 Å². The quantitative estimate of drug-likeness (QED) is 0.659. The minimum Gasteiger partial charge on any atom is -0.384 e. The van der Waals surface area contributed by atoms with E-state index in [0.717, 1.165) is 26.1 Å². The van der Waals surface area contributed by atoms with E-state index in [1.165, 1.54) is 24.8 Å². The van der Waals surface area contributed by atoms with Crippen LogP contribution in [0.3, 0.4) is 0 Å². The zero-order valence-corrected chi connectivity index (χ0v) is 17.6. The van der Waals surface area contributed by atoms with Crippen molar-refractivity contribution in [1.29, 1.82) is 0 Å². The maximum Gasteiger partial charge on any atom is 0.253 e. The van der Waals surface area contributed by atoms with E-state index in [1.807, 2.05) is 11.0 Å². The third kappa shape index (κ3) is 5.88. The van der Waals surface area contributed by atoms with Gasteiger partial charge in [0.05, 0.1) is 17.3 Å². The van der Waals surface area contributed by atoms with Crippen LogP contribution in [0.1, 0.15) is 15.9 Å². The minimum absolute atomic E-state index is 0.0476. The fourth-order valence-electron chi connectivity index (χ4n) is 3.40. The lowest BCUT2D eigenvalue weighted by Crippen LogP contribution is -2.49. The molecule has 0 aromatic heterocycles. The molecule has 1 saturated heterocycles. The standard InChI is InChI=1S/C22H28N2O4S/c1-28-17-18-29(26,27)21-9-7-20(8-10-21)22(25)24-15-13-23(14-16-24)12-11-19-5-3-2-4-6-19/h2-10H,11-18H2,1H3. The number of amides is 1. The monoisotopic (exact) mass is 416 g/mol. The zero-order chi connectivity index (χ0) is 20.7. The van der Waals surface area contributed by atoms with Gasteiger partial charge in [0.2, 0.25) is 0 Å². The number of ether oxygens (including phenoxy) is 1. The Balaban J connectivity index is 1.51. The molecule has 6 nitrogen and oxygen atoms in total. The molecular weight excluding hydrogens is 388 g/mol. The van der Waals surface area contributed by atoms with Crippen LogP contribution in [0.25, 0.3) is 0 Å². The van der Waals surface area contributed by atoms with E-state index in [9.17, 15) is 13.2 Å². The number of methoxy groups -OCH3 is 1. The van der Waals surface area contributed by atoms with Gasteiger partial charge in [-0.1, -0.05) is 30.3 Å². The first-order chi connectivity index (χ1) is 14.0. The fraction of sp³-hybridized carbons (Fsp3) is 0.409. The van der Waals surface area contributed by atoms with Gasteiger partial charge in [-0.2, -0.15) is 0 Å². The Morgan fingerprint density at radius 3 is 2.24 bits per heavy atom. The summed E-state index contributed by atoms with van der Waals surface area (Å²) in [6.07, 6.45) is 1.01. The Kier molecular flexibility index (Phi) is 7.41. The van der Waals surface area contributed by atoms with Gasteiger partial charge in [-0.05, 0) is 36.2 Å². The first-order valence-corrected chi connectivity index (χ1v) is 11.5. The predicted octanol–water partition coefficient (Wildman–Crippen LogP) is 2.11. The van der Waals surface area contributed by atoms with Crippen LogP contribution in [0.4, 0.5) is 0 Å². The van der Waals surface area contributed by atoms with Crippen molar-refractivity contribution in [1.82, 2.24) is 9.80 Å². The van der Waals surface area contributed by atoms with Gasteiger partial charge in [0.1, 0.15) is 0 Å². The molecule has 1 amide bonds.